The molecule has 0 aromatic heterocycles. The second-order valence-corrected chi connectivity index (χ2v) is 4.90. The summed E-state index contributed by atoms with van der Waals surface area (Å²) in [5, 5.41) is 0. The van der Waals surface area contributed by atoms with Crippen molar-refractivity contribution in [2.24, 2.45) is 11.3 Å². The Bertz CT molecular complexity index is 181. The minimum Gasteiger partial charge on any atom is -0.305 e. The van der Waals surface area contributed by atoms with E-state index in [0.717, 1.165) is 19.5 Å². The Morgan fingerprint density at radius 1 is 1.42 bits per heavy atom. The lowest BCUT2D eigenvalue weighted by atomic mass is 9.75. The fraction of sp³-hybridized carbons (Fsp3) is 0.900. The molecule has 2 heteroatoms. The molecule has 0 amide bonds. The summed E-state index contributed by atoms with van der Waals surface area (Å²) in [5.41, 5.74) is 0.131. The molecule has 1 rings (SSSR count). The van der Waals surface area contributed by atoms with Crippen LogP contribution >= 0.6 is 0 Å². The zero-order valence-electron chi connectivity index (χ0n) is 8.55. The zero-order valence-corrected chi connectivity index (χ0v) is 8.55. The maximum atomic E-state index is 11.6. The number of ketones is 1. The van der Waals surface area contributed by atoms with Gasteiger partial charge in [-0.3, -0.25) is 4.79 Å². The summed E-state index contributed by atoms with van der Waals surface area (Å²) in [6.45, 7) is 8.31. The molecule has 0 aromatic rings. The molecule has 0 N–H and O–H groups in total. The maximum absolute atomic E-state index is 11.6. The largest absolute Gasteiger partial charge is 0.305 e. The van der Waals surface area contributed by atoms with Crippen molar-refractivity contribution < 1.29 is 4.79 Å². The summed E-state index contributed by atoms with van der Waals surface area (Å²) in [6, 6.07) is 0. The van der Waals surface area contributed by atoms with Crippen molar-refractivity contribution in [3.05, 3.63) is 0 Å². The van der Waals surface area contributed by atoms with Crippen LogP contribution in [0.5, 0.6) is 0 Å². The molecule has 1 aliphatic heterocycles. The first kappa shape index (κ1) is 9.72. The zero-order chi connectivity index (χ0) is 9.35. The first-order valence-electron chi connectivity index (χ1n) is 4.62. The van der Waals surface area contributed by atoms with Gasteiger partial charge < -0.3 is 4.90 Å². The van der Waals surface area contributed by atoms with E-state index in [-0.39, 0.29) is 11.3 Å². The van der Waals surface area contributed by atoms with E-state index in [9.17, 15) is 4.79 Å². The summed E-state index contributed by atoms with van der Waals surface area (Å²) in [7, 11) is 2.09. The normalized spacial score (nSPS) is 27.7. The molecule has 1 aliphatic rings. The van der Waals surface area contributed by atoms with Gasteiger partial charge in [-0.15, -0.1) is 0 Å². The van der Waals surface area contributed by atoms with E-state index in [1.54, 1.807) is 0 Å². The topological polar surface area (TPSA) is 20.3 Å². The lowest BCUT2D eigenvalue weighted by molar-refractivity contribution is -0.129. The minimum absolute atomic E-state index is 0.131. The van der Waals surface area contributed by atoms with E-state index in [2.05, 4.69) is 32.7 Å². The third kappa shape index (κ3) is 2.07. The SMILES string of the molecule is CN1CCC(=O)C(C(C)(C)C)C1. The standard InChI is InChI=1S/C10H19NO/c1-10(2,3)8-7-11(4)6-5-9(8)12/h8H,5-7H2,1-4H3. The number of carbonyl (C=O) groups excluding carboxylic acids is 1. The monoisotopic (exact) mass is 169 g/mol. The number of carbonyl (C=O) groups is 1. The van der Waals surface area contributed by atoms with Crippen molar-refractivity contribution in [1.29, 1.82) is 0 Å². The van der Waals surface area contributed by atoms with Crippen molar-refractivity contribution >= 4 is 5.78 Å². The van der Waals surface area contributed by atoms with Crippen LogP contribution in [-0.2, 0) is 4.79 Å². The highest BCUT2D eigenvalue weighted by Crippen LogP contribution is 2.30. The van der Waals surface area contributed by atoms with Crippen LogP contribution in [-0.4, -0.2) is 30.8 Å². The van der Waals surface area contributed by atoms with Crippen molar-refractivity contribution in [1.82, 2.24) is 4.90 Å². The van der Waals surface area contributed by atoms with Gasteiger partial charge in [-0.25, -0.2) is 0 Å². The molecule has 1 heterocycles. The van der Waals surface area contributed by atoms with Gasteiger partial charge in [0.1, 0.15) is 5.78 Å². The van der Waals surface area contributed by atoms with E-state index >= 15 is 0 Å². The van der Waals surface area contributed by atoms with Gasteiger partial charge in [0.15, 0.2) is 0 Å². The highest BCUT2D eigenvalue weighted by atomic mass is 16.1. The number of likely N-dealkylation sites (tertiary alicyclic amines) is 1. The van der Waals surface area contributed by atoms with Crippen LogP contribution in [0.3, 0.4) is 0 Å². The summed E-state index contributed by atoms with van der Waals surface area (Å²) in [5.74, 6) is 0.678. The third-order valence-electron chi connectivity index (χ3n) is 2.67. The van der Waals surface area contributed by atoms with E-state index in [1.807, 2.05) is 0 Å². The van der Waals surface area contributed by atoms with Gasteiger partial charge in [-0.2, -0.15) is 0 Å². The average molecular weight is 169 g/mol. The number of hydrogen-bond acceptors (Lipinski definition) is 2. The highest BCUT2D eigenvalue weighted by molar-refractivity contribution is 5.82. The predicted molar refractivity (Wildman–Crippen MR) is 50.1 cm³/mol. The molecule has 1 saturated heterocycles. The van der Waals surface area contributed by atoms with Crippen molar-refractivity contribution in [3.63, 3.8) is 0 Å². The molecule has 2 nitrogen and oxygen atoms in total. The number of piperidine rings is 1. The molecule has 1 unspecified atom stereocenters. The quantitative estimate of drug-likeness (QED) is 0.548. The molecule has 0 spiro atoms. The van der Waals surface area contributed by atoms with Crippen molar-refractivity contribution in [2.45, 2.75) is 27.2 Å². The Kier molecular flexibility index (Phi) is 2.57. The summed E-state index contributed by atoms with van der Waals surface area (Å²) >= 11 is 0. The number of hydrogen-bond donors (Lipinski definition) is 0. The third-order valence-corrected chi connectivity index (χ3v) is 2.67. The minimum atomic E-state index is 0.131. The number of nitrogens with zero attached hydrogens (tertiary/aromatic N) is 1. The Morgan fingerprint density at radius 2 is 2.00 bits per heavy atom. The summed E-state index contributed by atoms with van der Waals surface area (Å²) < 4.78 is 0. The second kappa shape index (κ2) is 3.17. The Labute approximate surface area is 74.9 Å². The highest BCUT2D eigenvalue weighted by Gasteiger charge is 2.34. The molecule has 70 valence electrons. The lowest BCUT2D eigenvalue weighted by Crippen LogP contribution is -2.44. The van der Waals surface area contributed by atoms with E-state index in [0.29, 0.717) is 5.78 Å². The fourth-order valence-electron chi connectivity index (χ4n) is 1.74. The second-order valence-electron chi connectivity index (χ2n) is 4.90. The predicted octanol–water partition coefficient (Wildman–Crippen LogP) is 1.55. The molecule has 0 radical (unpaired) electrons. The van der Waals surface area contributed by atoms with Crippen LogP contribution in [0.15, 0.2) is 0 Å². The molecular weight excluding hydrogens is 150 g/mol. The Hall–Kier alpha value is -0.370. The number of rotatable bonds is 0. The van der Waals surface area contributed by atoms with Gasteiger partial charge >= 0.3 is 0 Å². The summed E-state index contributed by atoms with van der Waals surface area (Å²) in [4.78, 5) is 13.8. The van der Waals surface area contributed by atoms with E-state index < -0.39 is 0 Å². The molecule has 0 aromatic carbocycles. The first-order valence-corrected chi connectivity index (χ1v) is 4.62. The molecule has 0 saturated carbocycles. The molecule has 1 fully saturated rings. The maximum Gasteiger partial charge on any atom is 0.139 e. The molecule has 0 bridgehead atoms. The molecule has 12 heavy (non-hydrogen) atoms. The molecular formula is C10H19NO. The van der Waals surface area contributed by atoms with Crippen molar-refractivity contribution in [3.8, 4) is 0 Å². The Balaban J connectivity index is 2.68. The van der Waals surface area contributed by atoms with Crippen LogP contribution in [0, 0.1) is 11.3 Å². The fourth-order valence-corrected chi connectivity index (χ4v) is 1.74. The van der Waals surface area contributed by atoms with Gasteiger partial charge in [0.2, 0.25) is 0 Å². The van der Waals surface area contributed by atoms with Gasteiger partial charge in [0.05, 0.1) is 0 Å². The lowest BCUT2D eigenvalue weighted by Gasteiger charge is -2.36. The van der Waals surface area contributed by atoms with E-state index in [4.69, 9.17) is 0 Å². The van der Waals surface area contributed by atoms with Gasteiger partial charge in [0.25, 0.3) is 0 Å². The Morgan fingerprint density at radius 3 is 2.42 bits per heavy atom. The van der Waals surface area contributed by atoms with Crippen LogP contribution in [0.2, 0.25) is 0 Å². The van der Waals surface area contributed by atoms with Crippen LogP contribution in [0.25, 0.3) is 0 Å². The first-order chi connectivity index (χ1) is 5.41. The average Bonchev–Trinajstić information content (AvgIpc) is 1.92. The molecule has 1 atom stereocenters. The van der Waals surface area contributed by atoms with Crippen LogP contribution < -0.4 is 0 Å². The summed E-state index contributed by atoms with van der Waals surface area (Å²) in [6.07, 6.45) is 0.735. The van der Waals surface area contributed by atoms with Gasteiger partial charge in [-0.1, -0.05) is 20.8 Å². The van der Waals surface area contributed by atoms with Gasteiger partial charge in [-0.05, 0) is 12.5 Å². The van der Waals surface area contributed by atoms with Crippen LogP contribution in [0.1, 0.15) is 27.2 Å². The van der Waals surface area contributed by atoms with Crippen LogP contribution in [0.4, 0.5) is 0 Å². The smallest absolute Gasteiger partial charge is 0.139 e. The molecule has 0 aliphatic carbocycles. The van der Waals surface area contributed by atoms with Crippen molar-refractivity contribution in [2.75, 3.05) is 20.1 Å². The number of Topliss-reactive ketones (excluding diaryl/α,β-unsaturated/α-hetero) is 1. The van der Waals surface area contributed by atoms with E-state index in [1.165, 1.54) is 0 Å². The van der Waals surface area contributed by atoms with Gasteiger partial charge in [0, 0.05) is 25.4 Å².